The molecule has 0 aliphatic heterocycles. The third-order valence-corrected chi connectivity index (χ3v) is 2.95. The van der Waals surface area contributed by atoms with Gasteiger partial charge in [-0.1, -0.05) is 18.5 Å². The molecule has 0 bridgehead atoms. The molecule has 5 heteroatoms. The van der Waals surface area contributed by atoms with Crippen molar-refractivity contribution in [3.05, 3.63) is 52.7 Å². The molecule has 19 heavy (non-hydrogen) atoms. The highest BCUT2D eigenvalue weighted by molar-refractivity contribution is 6.30. The average Bonchev–Trinajstić information content (AvgIpc) is 2.85. The van der Waals surface area contributed by atoms with Crippen LogP contribution in [-0.4, -0.2) is 6.54 Å². The Morgan fingerprint density at radius 2 is 2.21 bits per heavy atom. The lowest BCUT2D eigenvalue weighted by Crippen LogP contribution is -2.12. The molecule has 0 aliphatic rings. The number of halogens is 2. The Kier molecular flexibility index (Phi) is 4.82. The zero-order valence-electron chi connectivity index (χ0n) is 10.6. The lowest BCUT2D eigenvalue weighted by atomic mass is 10.2. The normalized spacial score (nSPS) is 10.7. The van der Waals surface area contributed by atoms with Crippen LogP contribution in [-0.2, 0) is 13.2 Å². The first-order chi connectivity index (χ1) is 9.20. The minimum atomic E-state index is -0.454. The lowest BCUT2D eigenvalue weighted by Gasteiger charge is -2.07. The van der Waals surface area contributed by atoms with Crippen LogP contribution in [0.1, 0.15) is 18.2 Å². The smallest absolute Gasteiger partial charge is 0.142 e. The first-order valence-corrected chi connectivity index (χ1v) is 6.42. The van der Waals surface area contributed by atoms with E-state index in [1.165, 1.54) is 12.1 Å². The second-order valence-corrected chi connectivity index (χ2v) is 4.42. The Labute approximate surface area is 116 Å². The van der Waals surface area contributed by atoms with Gasteiger partial charge in [-0.3, -0.25) is 0 Å². The van der Waals surface area contributed by atoms with E-state index in [2.05, 4.69) is 5.32 Å². The average molecular weight is 284 g/mol. The monoisotopic (exact) mass is 283 g/mol. The van der Waals surface area contributed by atoms with Gasteiger partial charge in [-0.15, -0.1) is 0 Å². The second kappa shape index (κ2) is 6.59. The summed E-state index contributed by atoms with van der Waals surface area (Å²) in [5, 5.41) is 3.24. The first kappa shape index (κ1) is 13.9. The summed E-state index contributed by atoms with van der Waals surface area (Å²) in [5.41, 5.74) is 0.960. The molecule has 2 rings (SSSR count). The van der Waals surface area contributed by atoms with Crippen LogP contribution < -0.4 is 10.1 Å². The summed E-state index contributed by atoms with van der Waals surface area (Å²) in [5.74, 6) is 0.919. The fraction of sp³-hybridized carbons (Fsp3) is 0.286. The van der Waals surface area contributed by atoms with E-state index in [1.54, 1.807) is 12.3 Å². The number of nitrogens with one attached hydrogen (secondary N) is 1. The maximum atomic E-state index is 13.0. The Hall–Kier alpha value is -1.52. The number of ether oxygens (including phenoxy) is 1. The van der Waals surface area contributed by atoms with Crippen molar-refractivity contribution < 1.29 is 13.5 Å². The van der Waals surface area contributed by atoms with E-state index >= 15 is 0 Å². The summed E-state index contributed by atoms with van der Waals surface area (Å²) >= 11 is 5.69. The van der Waals surface area contributed by atoms with Gasteiger partial charge >= 0.3 is 0 Å². The fourth-order valence-corrected chi connectivity index (χ4v) is 1.79. The highest BCUT2D eigenvalue weighted by atomic mass is 35.5. The van der Waals surface area contributed by atoms with E-state index in [0.717, 1.165) is 17.9 Å². The van der Waals surface area contributed by atoms with Gasteiger partial charge in [0, 0.05) is 11.6 Å². The van der Waals surface area contributed by atoms with Gasteiger partial charge in [0.25, 0.3) is 0 Å². The molecule has 0 spiro atoms. The zero-order valence-corrected chi connectivity index (χ0v) is 11.3. The molecule has 0 aliphatic carbocycles. The number of rotatable bonds is 6. The van der Waals surface area contributed by atoms with E-state index < -0.39 is 5.82 Å². The summed E-state index contributed by atoms with van der Waals surface area (Å²) in [7, 11) is 0. The molecule has 1 heterocycles. The maximum absolute atomic E-state index is 13.0. The molecule has 0 saturated carbocycles. The largest absolute Gasteiger partial charge is 0.489 e. The van der Waals surface area contributed by atoms with Crippen molar-refractivity contribution in [2.75, 3.05) is 6.54 Å². The summed E-state index contributed by atoms with van der Waals surface area (Å²) in [6, 6.07) is 6.15. The van der Waals surface area contributed by atoms with Gasteiger partial charge < -0.3 is 14.5 Å². The third kappa shape index (κ3) is 3.72. The van der Waals surface area contributed by atoms with Crippen LogP contribution in [0.2, 0.25) is 5.02 Å². The van der Waals surface area contributed by atoms with Crippen LogP contribution in [0.4, 0.5) is 4.39 Å². The van der Waals surface area contributed by atoms with Crippen LogP contribution in [0.25, 0.3) is 0 Å². The lowest BCUT2D eigenvalue weighted by molar-refractivity contribution is 0.301. The molecule has 0 radical (unpaired) electrons. The van der Waals surface area contributed by atoms with Crippen molar-refractivity contribution in [1.82, 2.24) is 5.32 Å². The standard InChI is InChI=1S/C14H15ClFNO2/c1-2-17-8-14-10(5-6-18-14)9-19-11-3-4-13(16)12(15)7-11/h3-7,17H,2,8-9H2,1H3. The molecule has 0 amide bonds. The molecule has 0 saturated heterocycles. The van der Waals surface area contributed by atoms with Crippen LogP contribution in [0.15, 0.2) is 34.9 Å². The summed E-state index contributed by atoms with van der Waals surface area (Å²) in [6.45, 7) is 3.92. The van der Waals surface area contributed by atoms with Gasteiger partial charge in [0.2, 0.25) is 0 Å². The van der Waals surface area contributed by atoms with E-state index in [9.17, 15) is 4.39 Å². The van der Waals surface area contributed by atoms with Gasteiger partial charge in [-0.2, -0.15) is 0 Å². The Morgan fingerprint density at radius 3 is 2.95 bits per heavy atom. The Balaban J connectivity index is 1.98. The molecule has 1 aromatic carbocycles. The maximum Gasteiger partial charge on any atom is 0.142 e. The molecular weight excluding hydrogens is 269 g/mol. The van der Waals surface area contributed by atoms with Crippen LogP contribution in [0.3, 0.4) is 0 Å². The van der Waals surface area contributed by atoms with Gasteiger partial charge in [0.1, 0.15) is 23.9 Å². The van der Waals surface area contributed by atoms with Crippen molar-refractivity contribution in [1.29, 1.82) is 0 Å². The van der Waals surface area contributed by atoms with E-state index in [4.69, 9.17) is 20.8 Å². The molecule has 0 atom stereocenters. The number of benzene rings is 1. The predicted octanol–water partition coefficient (Wildman–Crippen LogP) is 3.76. The molecule has 102 valence electrons. The van der Waals surface area contributed by atoms with Gasteiger partial charge in [-0.05, 0) is 24.7 Å². The van der Waals surface area contributed by atoms with E-state index in [-0.39, 0.29) is 5.02 Å². The quantitative estimate of drug-likeness (QED) is 0.876. The summed E-state index contributed by atoms with van der Waals surface area (Å²) in [4.78, 5) is 0. The second-order valence-electron chi connectivity index (χ2n) is 4.01. The molecule has 0 fully saturated rings. The fourth-order valence-electron chi connectivity index (χ4n) is 1.62. The van der Waals surface area contributed by atoms with Crippen molar-refractivity contribution in [2.45, 2.75) is 20.1 Å². The summed E-state index contributed by atoms with van der Waals surface area (Å²) in [6.07, 6.45) is 1.63. The molecule has 0 unspecified atom stereocenters. The van der Waals surface area contributed by atoms with Gasteiger partial charge in [0.05, 0.1) is 17.8 Å². The minimum Gasteiger partial charge on any atom is -0.489 e. The van der Waals surface area contributed by atoms with Gasteiger partial charge in [-0.25, -0.2) is 4.39 Å². The van der Waals surface area contributed by atoms with E-state index in [0.29, 0.717) is 18.9 Å². The number of hydrogen-bond donors (Lipinski definition) is 1. The number of furan rings is 1. The SMILES string of the molecule is CCNCc1occc1COc1ccc(F)c(Cl)c1. The topological polar surface area (TPSA) is 34.4 Å². The summed E-state index contributed by atoms with van der Waals surface area (Å²) < 4.78 is 23.9. The van der Waals surface area contributed by atoms with Gasteiger partial charge in [0.15, 0.2) is 0 Å². The molecule has 2 aromatic rings. The highest BCUT2D eigenvalue weighted by Gasteiger charge is 2.07. The zero-order chi connectivity index (χ0) is 13.7. The minimum absolute atomic E-state index is 0.0533. The van der Waals surface area contributed by atoms with Crippen molar-refractivity contribution in [2.24, 2.45) is 0 Å². The molecule has 1 aromatic heterocycles. The van der Waals surface area contributed by atoms with Crippen molar-refractivity contribution in [3.8, 4) is 5.75 Å². The first-order valence-electron chi connectivity index (χ1n) is 6.04. The van der Waals surface area contributed by atoms with Crippen LogP contribution >= 0.6 is 11.6 Å². The van der Waals surface area contributed by atoms with Crippen molar-refractivity contribution >= 4 is 11.6 Å². The Morgan fingerprint density at radius 1 is 1.37 bits per heavy atom. The van der Waals surface area contributed by atoms with Crippen LogP contribution in [0.5, 0.6) is 5.75 Å². The third-order valence-electron chi connectivity index (χ3n) is 2.66. The molecule has 1 N–H and O–H groups in total. The van der Waals surface area contributed by atoms with Crippen LogP contribution in [0, 0.1) is 5.82 Å². The number of hydrogen-bond acceptors (Lipinski definition) is 3. The molecular formula is C14H15ClFNO2. The van der Waals surface area contributed by atoms with Crippen molar-refractivity contribution in [3.63, 3.8) is 0 Å². The highest BCUT2D eigenvalue weighted by Crippen LogP contribution is 2.22. The Bertz CT molecular complexity index is 542. The van der Waals surface area contributed by atoms with E-state index in [1.807, 2.05) is 13.0 Å². The predicted molar refractivity (Wildman–Crippen MR) is 71.8 cm³/mol. The molecule has 3 nitrogen and oxygen atoms in total.